The van der Waals surface area contributed by atoms with Crippen molar-refractivity contribution in [3.8, 4) is 0 Å². The summed E-state index contributed by atoms with van der Waals surface area (Å²) in [5, 5.41) is 3.60. The number of nitrogens with zero attached hydrogens (tertiary/aromatic N) is 2. The van der Waals surface area contributed by atoms with E-state index in [0.717, 1.165) is 5.69 Å². The fourth-order valence-corrected chi connectivity index (χ4v) is 1.43. The Balaban J connectivity index is 2.30. The first-order valence-corrected chi connectivity index (χ1v) is 5.14. The second kappa shape index (κ2) is 4.37. The molecule has 0 spiro atoms. The monoisotopic (exact) mass is 234 g/mol. The predicted molar refractivity (Wildman–Crippen MR) is 65.9 cm³/mol. The van der Waals surface area contributed by atoms with Crippen LogP contribution in [-0.2, 0) is 0 Å². The van der Waals surface area contributed by atoms with Crippen LogP contribution in [0, 0.1) is 6.92 Å². The van der Waals surface area contributed by atoms with Gasteiger partial charge in [0, 0.05) is 17.6 Å². The number of anilines is 3. The first kappa shape index (κ1) is 10.7. The molecule has 0 aliphatic heterocycles. The summed E-state index contributed by atoms with van der Waals surface area (Å²) in [6, 6.07) is 7.04. The molecule has 0 unspecified atom stereocenters. The highest BCUT2D eigenvalue weighted by molar-refractivity contribution is 6.33. The third kappa shape index (κ3) is 2.41. The fraction of sp³-hybridized carbons (Fsp3) is 0.0909. The van der Waals surface area contributed by atoms with E-state index in [0.29, 0.717) is 22.3 Å². The van der Waals surface area contributed by atoms with Crippen LogP contribution in [-0.4, -0.2) is 9.97 Å². The Morgan fingerprint density at radius 1 is 1.31 bits per heavy atom. The molecule has 2 aromatic rings. The van der Waals surface area contributed by atoms with Crippen molar-refractivity contribution in [2.45, 2.75) is 6.92 Å². The van der Waals surface area contributed by atoms with Crippen molar-refractivity contribution in [3.63, 3.8) is 0 Å². The molecular weight excluding hydrogens is 224 g/mol. The van der Waals surface area contributed by atoms with E-state index < -0.39 is 0 Å². The van der Waals surface area contributed by atoms with Crippen molar-refractivity contribution < 1.29 is 0 Å². The normalized spacial score (nSPS) is 10.1. The molecule has 0 aliphatic rings. The number of aryl methyl sites for hydroxylation is 1. The van der Waals surface area contributed by atoms with E-state index in [2.05, 4.69) is 15.3 Å². The molecule has 2 rings (SSSR count). The standard InChI is InChI=1S/C11H11ClN4/c1-7-4-5-14-11(15-7)16-10-6-8(13)2-3-9(10)12/h2-6H,13H2,1H3,(H,14,15,16). The summed E-state index contributed by atoms with van der Waals surface area (Å²) in [7, 11) is 0. The van der Waals surface area contributed by atoms with Crippen molar-refractivity contribution in [1.29, 1.82) is 0 Å². The van der Waals surface area contributed by atoms with Gasteiger partial charge in [-0.1, -0.05) is 11.6 Å². The Hall–Kier alpha value is -1.81. The van der Waals surface area contributed by atoms with Gasteiger partial charge in [0.2, 0.25) is 5.95 Å². The number of nitrogens with one attached hydrogen (secondary N) is 1. The minimum absolute atomic E-state index is 0.507. The van der Waals surface area contributed by atoms with Gasteiger partial charge in [0.25, 0.3) is 0 Å². The van der Waals surface area contributed by atoms with E-state index in [-0.39, 0.29) is 0 Å². The summed E-state index contributed by atoms with van der Waals surface area (Å²) in [6.07, 6.45) is 1.69. The Morgan fingerprint density at radius 3 is 2.88 bits per heavy atom. The zero-order valence-electron chi connectivity index (χ0n) is 8.74. The lowest BCUT2D eigenvalue weighted by Crippen LogP contribution is -1.99. The Labute approximate surface area is 98.5 Å². The highest BCUT2D eigenvalue weighted by Gasteiger charge is 2.03. The smallest absolute Gasteiger partial charge is 0.227 e. The quantitative estimate of drug-likeness (QED) is 0.785. The minimum Gasteiger partial charge on any atom is -0.399 e. The summed E-state index contributed by atoms with van der Waals surface area (Å²) in [5.74, 6) is 0.507. The molecule has 3 N–H and O–H groups in total. The van der Waals surface area contributed by atoms with Gasteiger partial charge in [-0.05, 0) is 31.2 Å². The lowest BCUT2D eigenvalue weighted by Gasteiger charge is -2.07. The van der Waals surface area contributed by atoms with Crippen molar-refractivity contribution in [2.75, 3.05) is 11.1 Å². The molecule has 4 nitrogen and oxygen atoms in total. The second-order valence-electron chi connectivity index (χ2n) is 3.39. The average molecular weight is 235 g/mol. The number of hydrogen-bond acceptors (Lipinski definition) is 4. The predicted octanol–water partition coefficient (Wildman–Crippen LogP) is 2.76. The Morgan fingerprint density at radius 2 is 2.12 bits per heavy atom. The van der Waals surface area contributed by atoms with Crippen molar-refractivity contribution in [3.05, 3.63) is 41.2 Å². The molecular formula is C11H11ClN4. The van der Waals surface area contributed by atoms with Gasteiger partial charge >= 0.3 is 0 Å². The van der Waals surface area contributed by atoms with Gasteiger partial charge in [0.05, 0.1) is 10.7 Å². The molecule has 82 valence electrons. The van der Waals surface area contributed by atoms with Crippen LogP contribution in [0.2, 0.25) is 5.02 Å². The maximum absolute atomic E-state index is 6.01. The molecule has 0 amide bonds. The van der Waals surface area contributed by atoms with Crippen LogP contribution < -0.4 is 11.1 Å². The van der Waals surface area contributed by atoms with E-state index in [1.807, 2.05) is 13.0 Å². The van der Waals surface area contributed by atoms with Crippen molar-refractivity contribution in [2.24, 2.45) is 0 Å². The van der Waals surface area contributed by atoms with Gasteiger partial charge in [0.1, 0.15) is 0 Å². The zero-order valence-corrected chi connectivity index (χ0v) is 9.49. The average Bonchev–Trinajstić information content (AvgIpc) is 2.24. The third-order valence-electron chi connectivity index (χ3n) is 2.03. The molecule has 16 heavy (non-hydrogen) atoms. The van der Waals surface area contributed by atoms with Crippen LogP contribution in [0.4, 0.5) is 17.3 Å². The van der Waals surface area contributed by atoms with Gasteiger partial charge < -0.3 is 11.1 Å². The number of halogens is 1. The van der Waals surface area contributed by atoms with Crippen LogP contribution in [0.5, 0.6) is 0 Å². The summed E-state index contributed by atoms with van der Waals surface area (Å²) >= 11 is 6.01. The van der Waals surface area contributed by atoms with Crippen LogP contribution in [0.15, 0.2) is 30.5 Å². The second-order valence-corrected chi connectivity index (χ2v) is 3.79. The lowest BCUT2D eigenvalue weighted by molar-refractivity contribution is 1.11. The van der Waals surface area contributed by atoms with E-state index in [4.69, 9.17) is 17.3 Å². The highest BCUT2D eigenvalue weighted by atomic mass is 35.5. The number of nitrogens with two attached hydrogens (primary N) is 1. The van der Waals surface area contributed by atoms with E-state index in [9.17, 15) is 0 Å². The number of nitrogen functional groups attached to an aromatic ring is 1. The van der Waals surface area contributed by atoms with Crippen LogP contribution in [0.3, 0.4) is 0 Å². The van der Waals surface area contributed by atoms with Gasteiger partial charge in [-0.15, -0.1) is 0 Å². The molecule has 0 saturated carbocycles. The van der Waals surface area contributed by atoms with E-state index in [1.54, 1.807) is 24.4 Å². The molecule has 1 aromatic carbocycles. The number of aromatic nitrogens is 2. The molecule has 0 aliphatic carbocycles. The molecule has 5 heteroatoms. The molecule has 0 radical (unpaired) electrons. The van der Waals surface area contributed by atoms with Crippen molar-refractivity contribution in [1.82, 2.24) is 9.97 Å². The Bertz CT molecular complexity index is 513. The number of hydrogen-bond donors (Lipinski definition) is 2. The maximum Gasteiger partial charge on any atom is 0.227 e. The highest BCUT2D eigenvalue weighted by Crippen LogP contribution is 2.26. The maximum atomic E-state index is 6.01. The summed E-state index contributed by atoms with van der Waals surface area (Å²) in [6.45, 7) is 1.90. The van der Waals surface area contributed by atoms with Crippen molar-refractivity contribution >= 4 is 28.9 Å². The van der Waals surface area contributed by atoms with Gasteiger partial charge in [-0.25, -0.2) is 9.97 Å². The van der Waals surface area contributed by atoms with E-state index >= 15 is 0 Å². The van der Waals surface area contributed by atoms with Gasteiger partial charge in [-0.2, -0.15) is 0 Å². The SMILES string of the molecule is Cc1ccnc(Nc2cc(N)ccc2Cl)n1. The van der Waals surface area contributed by atoms with Crippen LogP contribution >= 0.6 is 11.6 Å². The van der Waals surface area contributed by atoms with E-state index in [1.165, 1.54) is 0 Å². The largest absolute Gasteiger partial charge is 0.399 e. The zero-order chi connectivity index (χ0) is 11.5. The topological polar surface area (TPSA) is 63.8 Å². The summed E-state index contributed by atoms with van der Waals surface area (Å²) in [4.78, 5) is 8.30. The molecule has 1 heterocycles. The first-order chi connectivity index (χ1) is 7.65. The molecule has 0 saturated heterocycles. The molecule has 0 fully saturated rings. The lowest BCUT2D eigenvalue weighted by atomic mass is 10.3. The Kier molecular flexibility index (Phi) is 2.92. The number of benzene rings is 1. The van der Waals surface area contributed by atoms with Gasteiger partial charge in [0.15, 0.2) is 0 Å². The summed E-state index contributed by atoms with van der Waals surface area (Å²) < 4.78 is 0. The fourth-order valence-electron chi connectivity index (χ4n) is 1.27. The first-order valence-electron chi connectivity index (χ1n) is 4.77. The van der Waals surface area contributed by atoms with Crippen LogP contribution in [0.1, 0.15) is 5.69 Å². The number of rotatable bonds is 2. The van der Waals surface area contributed by atoms with Gasteiger partial charge in [-0.3, -0.25) is 0 Å². The third-order valence-corrected chi connectivity index (χ3v) is 2.36. The van der Waals surface area contributed by atoms with Crippen LogP contribution in [0.25, 0.3) is 0 Å². The summed E-state index contributed by atoms with van der Waals surface area (Å²) in [5.41, 5.74) is 7.90. The molecule has 1 aromatic heterocycles. The molecule has 0 atom stereocenters. The molecule has 0 bridgehead atoms. The minimum atomic E-state index is 0.507.